The van der Waals surface area contributed by atoms with Gasteiger partial charge in [-0.2, -0.15) is 13.5 Å². The van der Waals surface area contributed by atoms with Crippen molar-refractivity contribution in [2.24, 2.45) is 0 Å². The Bertz CT molecular complexity index is 858. The summed E-state index contributed by atoms with van der Waals surface area (Å²) < 4.78 is 35.0. The van der Waals surface area contributed by atoms with Crippen molar-refractivity contribution >= 4 is 28.2 Å². The fraction of sp³-hybridized carbons (Fsp3) is 0.438. The van der Waals surface area contributed by atoms with Crippen LogP contribution in [0, 0.1) is 0 Å². The lowest BCUT2D eigenvalue weighted by molar-refractivity contribution is -0.133. The third-order valence-corrected chi connectivity index (χ3v) is 4.98. The third-order valence-electron chi connectivity index (χ3n) is 4.63. The van der Waals surface area contributed by atoms with Gasteiger partial charge in [0.1, 0.15) is 6.04 Å². The van der Waals surface area contributed by atoms with Gasteiger partial charge in [0.15, 0.2) is 0 Å². The molecule has 2 bridgehead atoms. The molecule has 2 saturated heterocycles. The number of hydroxylamine groups is 2. The predicted octanol–water partition coefficient (Wildman–Crippen LogP) is 0.678. The standard InChI is InChI=1S/C16H19N3O7S/c1-2-17(14(20)11-6-4-3-5-7-11)15(21)13-9-8-12-10-18(13)16(22)19(12)26-27(23,24)25/h3-7,12-13H,2,8-10H2,1H3,(H,23,24,25)/t12?,13-/m0/s1. The van der Waals surface area contributed by atoms with Gasteiger partial charge in [-0.15, -0.1) is 4.28 Å². The minimum absolute atomic E-state index is 0.0713. The summed E-state index contributed by atoms with van der Waals surface area (Å²) in [6.45, 7) is 1.85. The molecule has 0 saturated carbocycles. The molecule has 4 amide bonds. The molecule has 27 heavy (non-hydrogen) atoms. The minimum atomic E-state index is -4.86. The lowest BCUT2D eigenvalue weighted by Crippen LogP contribution is -2.52. The van der Waals surface area contributed by atoms with Crippen molar-refractivity contribution in [3.63, 3.8) is 0 Å². The van der Waals surface area contributed by atoms with Gasteiger partial charge >= 0.3 is 16.4 Å². The highest BCUT2D eigenvalue weighted by molar-refractivity contribution is 7.80. The van der Waals surface area contributed by atoms with Crippen LogP contribution >= 0.6 is 0 Å². The molecular formula is C16H19N3O7S. The van der Waals surface area contributed by atoms with E-state index in [4.69, 9.17) is 4.55 Å². The summed E-state index contributed by atoms with van der Waals surface area (Å²) in [5.41, 5.74) is 0.352. The van der Waals surface area contributed by atoms with E-state index in [0.29, 0.717) is 17.0 Å². The molecule has 1 unspecified atom stereocenters. The molecule has 2 aliphatic heterocycles. The summed E-state index contributed by atoms with van der Waals surface area (Å²) in [7, 11) is -4.86. The number of carbonyl (C=O) groups excluding carboxylic acids is 3. The second-order valence-electron chi connectivity index (χ2n) is 6.26. The number of piperidine rings is 1. The van der Waals surface area contributed by atoms with Crippen LogP contribution in [-0.2, 0) is 19.5 Å². The molecule has 0 radical (unpaired) electrons. The first-order valence-electron chi connectivity index (χ1n) is 8.40. The Labute approximate surface area is 156 Å². The number of likely N-dealkylation sites (N-methyl/N-ethyl adjacent to an activating group) is 1. The molecule has 0 aliphatic carbocycles. The Kier molecular flexibility index (Phi) is 5.18. The zero-order valence-electron chi connectivity index (χ0n) is 14.5. The van der Waals surface area contributed by atoms with E-state index >= 15 is 0 Å². The van der Waals surface area contributed by atoms with E-state index < -0.39 is 40.3 Å². The van der Waals surface area contributed by atoms with Crippen molar-refractivity contribution in [2.75, 3.05) is 13.1 Å². The summed E-state index contributed by atoms with van der Waals surface area (Å²) in [6.07, 6.45) is 0.546. The zero-order chi connectivity index (χ0) is 19.8. The maximum atomic E-state index is 13.0. The van der Waals surface area contributed by atoms with E-state index in [0.717, 1.165) is 4.90 Å². The molecule has 3 rings (SSSR count). The van der Waals surface area contributed by atoms with Crippen molar-refractivity contribution in [2.45, 2.75) is 31.8 Å². The highest BCUT2D eigenvalue weighted by Gasteiger charge is 2.50. The van der Waals surface area contributed by atoms with Crippen molar-refractivity contribution in [1.82, 2.24) is 14.9 Å². The monoisotopic (exact) mass is 397 g/mol. The molecule has 1 aromatic carbocycles. The average molecular weight is 397 g/mol. The molecule has 1 N–H and O–H groups in total. The van der Waals surface area contributed by atoms with Crippen LogP contribution < -0.4 is 0 Å². The molecule has 0 aromatic heterocycles. The first-order chi connectivity index (χ1) is 12.7. The van der Waals surface area contributed by atoms with Gasteiger partial charge in [0.25, 0.3) is 11.8 Å². The molecule has 2 fully saturated rings. The number of rotatable bonds is 5. The number of urea groups is 1. The molecule has 11 heteroatoms. The average Bonchev–Trinajstić information content (AvgIpc) is 2.86. The van der Waals surface area contributed by atoms with Crippen LogP contribution in [0.4, 0.5) is 4.79 Å². The van der Waals surface area contributed by atoms with Gasteiger partial charge < -0.3 is 4.90 Å². The maximum absolute atomic E-state index is 13.0. The SMILES string of the molecule is CCN(C(=O)c1ccccc1)C(=O)[C@@H]1CCC2CN1C(=O)N2OS(=O)(=O)O. The number of amides is 4. The van der Waals surface area contributed by atoms with Gasteiger partial charge in [-0.3, -0.25) is 19.0 Å². The van der Waals surface area contributed by atoms with Crippen LogP contribution in [0.15, 0.2) is 30.3 Å². The number of imide groups is 1. The Morgan fingerprint density at radius 1 is 1.26 bits per heavy atom. The summed E-state index contributed by atoms with van der Waals surface area (Å²) in [4.78, 5) is 40.3. The Morgan fingerprint density at radius 3 is 2.52 bits per heavy atom. The lowest BCUT2D eigenvalue weighted by Gasteiger charge is -2.32. The van der Waals surface area contributed by atoms with Gasteiger partial charge in [0.05, 0.1) is 6.04 Å². The van der Waals surface area contributed by atoms with Crippen molar-refractivity contribution in [3.8, 4) is 0 Å². The van der Waals surface area contributed by atoms with Gasteiger partial charge in [0, 0.05) is 18.7 Å². The number of benzene rings is 1. The first-order valence-corrected chi connectivity index (χ1v) is 9.77. The van der Waals surface area contributed by atoms with Gasteiger partial charge in [0.2, 0.25) is 0 Å². The van der Waals surface area contributed by atoms with Crippen LogP contribution in [0.5, 0.6) is 0 Å². The highest BCUT2D eigenvalue weighted by Crippen LogP contribution is 2.31. The summed E-state index contributed by atoms with van der Waals surface area (Å²) in [6, 6.07) is 5.98. The van der Waals surface area contributed by atoms with Crippen molar-refractivity contribution < 1.29 is 31.6 Å². The number of fused-ring (bicyclic) bond motifs is 2. The summed E-state index contributed by atoms with van der Waals surface area (Å²) in [5.74, 6) is -1.00. The third kappa shape index (κ3) is 3.80. The normalized spacial score (nSPS) is 22.1. The van der Waals surface area contributed by atoms with Gasteiger partial charge in [-0.25, -0.2) is 4.79 Å². The first kappa shape index (κ1) is 19.3. The topological polar surface area (TPSA) is 125 Å². The number of carbonyl (C=O) groups is 3. The molecule has 2 aliphatic rings. The van der Waals surface area contributed by atoms with Gasteiger partial charge in [-0.1, -0.05) is 18.2 Å². The van der Waals surface area contributed by atoms with Crippen molar-refractivity contribution in [1.29, 1.82) is 0 Å². The largest absolute Gasteiger partial charge is 0.418 e. The molecular weight excluding hydrogens is 378 g/mol. The smallest absolute Gasteiger partial charge is 0.309 e. The van der Waals surface area contributed by atoms with Crippen molar-refractivity contribution in [3.05, 3.63) is 35.9 Å². The quantitative estimate of drug-likeness (QED) is 0.572. The molecule has 0 spiro atoms. The minimum Gasteiger partial charge on any atom is -0.309 e. The molecule has 146 valence electrons. The van der Waals surface area contributed by atoms with E-state index in [-0.39, 0.29) is 19.5 Å². The highest BCUT2D eigenvalue weighted by atomic mass is 32.3. The van der Waals surface area contributed by atoms with Crippen LogP contribution in [0.3, 0.4) is 0 Å². The lowest BCUT2D eigenvalue weighted by atomic mass is 9.99. The zero-order valence-corrected chi connectivity index (χ0v) is 15.3. The van der Waals surface area contributed by atoms with E-state index in [1.165, 1.54) is 4.90 Å². The van der Waals surface area contributed by atoms with Crippen LogP contribution in [-0.4, -0.2) is 70.9 Å². The Hall–Kier alpha value is -2.50. The predicted molar refractivity (Wildman–Crippen MR) is 91.5 cm³/mol. The Morgan fingerprint density at radius 2 is 1.93 bits per heavy atom. The number of hydrogen-bond acceptors (Lipinski definition) is 6. The second kappa shape index (κ2) is 7.25. The summed E-state index contributed by atoms with van der Waals surface area (Å²) in [5, 5.41) is 0.567. The van der Waals surface area contributed by atoms with Gasteiger partial charge in [-0.05, 0) is 31.9 Å². The molecule has 10 nitrogen and oxygen atoms in total. The summed E-state index contributed by atoms with van der Waals surface area (Å²) >= 11 is 0. The number of hydrogen-bond donors (Lipinski definition) is 1. The fourth-order valence-electron chi connectivity index (χ4n) is 3.40. The fourth-order valence-corrected chi connectivity index (χ4v) is 3.79. The van der Waals surface area contributed by atoms with E-state index in [2.05, 4.69) is 4.28 Å². The van der Waals surface area contributed by atoms with E-state index in [1.54, 1.807) is 37.3 Å². The Balaban J connectivity index is 1.79. The van der Waals surface area contributed by atoms with Crippen LogP contribution in [0.1, 0.15) is 30.1 Å². The molecule has 2 heterocycles. The van der Waals surface area contributed by atoms with E-state index in [1.807, 2.05) is 0 Å². The van der Waals surface area contributed by atoms with Crippen LogP contribution in [0.25, 0.3) is 0 Å². The molecule has 2 atom stereocenters. The molecule has 1 aromatic rings. The van der Waals surface area contributed by atoms with E-state index in [9.17, 15) is 22.8 Å². The maximum Gasteiger partial charge on any atom is 0.418 e. The number of nitrogens with zero attached hydrogens (tertiary/aromatic N) is 3. The van der Waals surface area contributed by atoms with Crippen LogP contribution in [0.2, 0.25) is 0 Å². The second-order valence-corrected chi connectivity index (χ2v) is 7.27.